The molecule has 0 aliphatic heterocycles. The molecule has 6 heteroatoms. The molecule has 2 rings (SSSR count). The van der Waals surface area contributed by atoms with Crippen molar-refractivity contribution < 1.29 is 19.7 Å². The van der Waals surface area contributed by atoms with Crippen LogP contribution >= 0.6 is 22.6 Å². The van der Waals surface area contributed by atoms with Crippen LogP contribution in [-0.4, -0.2) is 22.8 Å². The van der Waals surface area contributed by atoms with Crippen LogP contribution in [0, 0.1) is 3.57 Å². The molecule has 2 aromatic rings. The summed E-state index contributed by atoms with van der Waals surface area (Å²) in [4.78, 5) is 21.1. The number of nitrogens with zero attached hydrogens (tertiary/aromatic N) is 1. The normalized spacial score (nSPS) is 12.1. The topological polar surface area (TPSA) is 60.7 Å². The molecule has 20 heavy (non-hydrogen) atoms. The maximum absolute atomic E-state index is 12.0. The zero-order valence-corrected chi connectivity index (χ0v) is 13.0. The largest absolute Gasteiger partial charge is 0.507 e. The van der Waals surface area contributed by atoms with Gasteiger partial charge in [0.2, 0.25) is 0 Å². The van der Waals surface area contributed by atoms with Crippen molar-refractivity contribution in [1.82, 2.24) is 4.57 Å². The maximum Gasteiger partial charge on any atom is 0.365 e. The van der Waals surface area contributed by atoms with Gasteiger partial charge in [0.05, 0.1) is 10.7 Å². The molecule has 1 N–H and O–H groups in total. The van der Waals surface area contributed by atoms with E-state index >= 15 is 0 Å². The van der Waals surface area contributed by atoms with Crippen LogP contribution in [0.4, 0.5) is 0 Å². The number of aromatic hydroxyl groups is 1. The second-order valence-electron chi connectivity index (χ2n) is 4.20. The first-order chi connectivity index (χ1) is 9.61. The number of phenolic OH excluding ortho intramolecular Hbond substituents is 1. The number of halogens is 1. The van der Waals surface area contributed by atoms with Crippen LogP contribution in [0.3, 0.4) is 0 Å². The second kappa shape index (κ2) is 6.76. The number of carbonyl (C=O) groups is 1. The summed E-state index contributed by atoms with van der Waals surface area (Å²) in [5.41, 5.74) is 0.930. The van der Waals surface area contributed by atoms with Crippen LogP contribution in [0.2, 0.25) is 0 Å². The van der Waals surface area contributed by atoms with Gasteiger partial charge in [0.15, 0.2) is 0 Å². The molecule has 0 amide bonds. The molecule has 0 bridgehead atoms. The van der Waals surface area contributed by atoms with Gasteiger partial charge in [0, 0.05) is 18.8 Å². The average molecular weight is 387 g/mol. The van der Waals surface area contributed by atoms with Crippen molar-refractivity contribution in [3.8, 4) is 5.75 Å². The molecule has 0 saturated heterocycles. The third kappa shape index (κ3) is 3.51. The van der Waals surface area contributed by atoms with Gasteiger partial charge in [-0.05, 0) is 52.4 Å². The number of aromatic nitrogens is 1. The Morgan fingerprint density at radius 2 is 2.10 bits per heavy atom. The lowest BCUT2D eigenvalue weighted by Gasteiger charge is -2.16. The molecule has 1 aromatic carbocycles. The lowest BCUT2D eigenvalue weighted by atomic mass is 10.1. The van der Waals surface area contributed by atoms with E-state index in [9.17, 15) is 9.90 Å². The van der Waals surface area contributed by atoms with Gasteiger partial charge in [-0.3, -0.25) is 4.89 Å². The Morgan fingerprint density at radius 1 is 1.40 bits per heavy atom. The fourth-order valence-corrected chi connectivity index (χ4v) is 2.48. The van der Waals surface area contributed by atoms with Crippen LogP contribution in [-0.2, 0) is 21.0 Å². The van der Waals surface area contributed by atoms with E-state index in [-0.39, 0.29) is 5.75 Å². The predicted octanol–water partition coefficient (Wildman–Crippen LogP) is 2.69. The van der Waals surface area contributed by atoms with E-state index in [2.05, 4.69) is 9.78 Å². The van der Waals surface area contributed by atoms with Gasteiger partial charge >= 0.3 is 5.97 Å². The van der Waals surface area contributed by atoms with Crippen LogP contribution in [0.5, 0.6) is 5.75 Å². The van der Waals surface area contributed by atoms with Gasteiger partial charge in [-0.25, -0.2) is 4.79 Å². The van der Waals surface area contributed by atoms with Crippen LogP contribution in [0.15, 0.2) is 42.7 Å². The van der Waals surface area contributed by atoms with Crippen molar-refractivity contribution in [3.05, 3.63) is 51.9 Å². The third-order valence-electron chi connectivity index (χ3n) is 2.87. The van der Waals surface area contributed by atoms with Gasteiger partial charge in [0.25, 0.3) is 0 Å². The number of benzene rings is 1. The molecule has 0 radical (unpaired) electrons. The van der Waals surface area contributed by atoms with Crippen molar-refractivity contribution in [2.45, 2.75) is 12.5 Å². The van der Waals surface area contributed by atoms with E-state index in [0.717, 1.165) is 9.13 Å². The highest BCUT2D eigenvalue weighted by atomic mass is 127. The Hall–Kier alpha value is -1.54. The fourth-order valence-electron chi connectivity index (χ4n) is 1.90. The molecule has 0 fully saturated rings. The third-order valence-corrected chi connectivity index (χ3v) is 3.73. The SMILES string of the molecule is COOC(=O)[C@H](Cc1ccc(O)c(I)c1)n1cccc1. The average Bonchev–Trinajstić information content (AvgIpc) is 2.94. The van der Waals surface area contributed by atoms with Crippen molar-refractivity contribution in [3.63, 3.8) is 0 Å². The van der Waals surface area contributed by atoms with Crippen molar-refractivity contribution in [2.24, 2.45) is 0 Å². The number of rotatable bonds is 5. The highest BCUT2D eigenvalue weighted by Gasteiger charge is 2.23. The number of phenols is 1. The smallest absolute Gasteiger partial charge is 0.365 e. The van der Waals surface area contributed by atoms with Gasteiger partial charge in [-0.1, -0.05) is 6.07 Å². The van der Waals surface area contributed by atoms with Crippen molar-refractivity contribution in [1.29, 1.82) is 0 Å². The number of hydrogen-bond donors (Lipinski definition) is 1. The highest BCUT2D eigenvalue weighted by Crippen LogP contribution is 2.23. The first kappa shape index (κ1) is 14.9. The van der Waals surface area contributed by atoms with E-state index in [1.54, 1.807) is 29.1 Å². The molecule has 0 aliphatic rings. The summed E-state index contributed by atoms with van der Waals surface area (Å²) in [5, 5.41) is 9.53. The molecule has 0 aliphatic carbocycles. The Kier molecular flexibility index (Phi) is 5.02. The molecule has 106 valence electrons. The predicted molar refractivity (Wildman–Crippen MR) is 81.1 cm³/mol. The molecule has 1 aromatic heterocycles. The number of hydrogen-bond acceptors (Lipinski definition) is 4. The van der Waals surface area contributed by atoms with Gasteiger partial charge in [-0.2, -0.15) is 4.89 Å². The minimum atomic E-state index is -0.509. The summed E-state index contributed by atoms with van der Waals surface area (Å²) in [7, 11) is 1.30. The first-order valence-corrected chi connectivity index (χ1v) is 7.04. The molecule has 0 unspecified atom stereocenters. The second-order valence-corrected chi connectivity index (χ2v) is 5.37. The van der Waals surface area contributed by atoms with Gasteiger partial charge < -0.3 is 9.67 Å². The molecule has 1 atom stereocenters. The van der Waals surface area contributed by atoms with Gasteiger partial charge in [0.1, 0.15) is 11.8 Å². The zero-order chi connectivity index (χ0) is 14.5. The van der Waals surface area contributed by atoms with Gasteiger partial charge in [-0.15, -0.1) is 0 Å². The zero-order valence-electron chi connectivity index (χ0n) is 10.8. The molecule has 1 heterocycles. The summed E-state index contributed by atoms with van der Waals surface area (Å²) >= 11 is 2.05. The molecule has 0 spiro atoms. The Morgan fingerprint density at radius 3 is 2.70 bits per heavy atom. The minimum absolute atomic E-state index is 0.228. The Bertz CT molecular complexity index is 583. The Balaban J connectivity index is 2.23. The highest BCUT2D eigenvalue weighted by molar-refractivity contribution is 14.1. The van der Waals surface area contributed by atoms with Crippen molar-refractivity contribution >= 4 is 28.6 Å². The summed E-state index contributed by atoms with van der Waals surface area (Å²) in [6, 6.07) is 8.41. The van der Waals surface area contributed by atoms with E-state index in [1.165, 1.54) is 7.11 Å². The van der Waals surface area contributed by atoms with Crippen LogP contribution in [0.25, 0.3) is 0 Å². The molecular weight excluding hydrogens is 373 g/mol. The molecule has 0 saturated carbocycles. The fraction of sp³-hybridized carbons (Fsp3) is 0.214. The summed E-state index contributed by atoms with van der Waals surface area (Å²) < 4.78 is 2.51. The van der Waals surface area contributed by atoms with Crippen molar-refractivity contribution in [2.75, 3.05) is 7.11 Å². The van der Waals surface area contributed by atoms with Crippen LogP contribution in [0.1, 0.15) is 11.6 Å². The quantitative estimate of drug-likeness (QED) is 0.487. The summed E-state index contributed by atoms with van der Waals surface area (Å²) in [6.07, 6.45) is 4.05. The van der Waals surface area contributed by atoms with E-state index in [1.807, 2.05) is 40.8 Å². The summed E-state index contributed by atoms with van der Waals surface area (Å²) in [5.74, 6) is -0.238. The standard InChI is InChI=1S/C14H14INO4/c1-19-20-14(18)12(16-6-2-3-7-16)9-10-4-5-13(17)11(15)8-10/h2-8,12,17H,9H2,1H3/t12-/m0/s1. The van der Waals surface area contributed by atoms with E-state index in [4.69, 9.17) is 0 Å². The van der Waals surface area contributed by atoms with E-state index < -0.39 is 12.0 Å². The number of carbonyl (C=O) groups excluding carboxylic acids is 1. The minimum Gasteiger partial charge on any atom is -0.507 e. The van der Waals surface area contributed by atoms with E-state index in [0.29, 0.717) is 6.42 Å². The summed E-state index contributed by atoms with van der Waals surface area (Å²) in [6.45, 7) is 0. The Labute approximate surface area is 130 Å². The monoisotopic (exact) mass is 387 g/mol. The molecular formula is C14H14INO4. The first-order valence-electron chi connectivity index (χ1n) is 5.96. The van der Waals surface area contributed by atoms with Crippen LogP contribution < -0.4 is 0 Å². The lowest BCUT2D eigenvalue weighted by Crippen LogP contribution is -2.23. The lowest BCUT2D eigenvalue weighted by molar-refractivity contribution is -0.258. The maximum atomic E-state index is 12.0. The molecule has 5 nitrogen and oxygen atoms in total.